The minimum atomic E-state index is -1.23. The van der Waals surface area contributed by atoms with Crippen molar-refractivity contribution in [3.63, 3.8) is 0 Å². The summed E-state index contributed by atoms with van der Waals surface area (Å²) in [7, 11) is 0. The first-order valence-corrected chi connectivity index (χ1v) is 10.3. The highest BCUT2D eigenvalue weighted by atomic mass is 16.7. The lowest BCUT2D eigenvalue weighted by atomic mass is 9.57. The lowest BCUT2D eigenvalue weighted by Gasteiger charge is -2.50. The van der Waals surface area contributed by atoms with Crippen LogP contribution in [0.1, 0.15) is 47.5 Å². The minimum Gasteiger partial charge on any atom is -0.462 e. The maximum Gasteiger partial charge on any atom is 0.342 e. The number of hydrogen-bond donors (Lipinski definition) is 2. The van der Waals surface area contributed by atoms with Crippen LogP contribution in [0.4, 0.5) is 0 Å². The zero-order valence-electron chi connectivity index (χ0n) is 17.5. The van der Waals surface area contributed by atoms with Crippen LogP contribution in [-0.4, -0.2) is 57.8 Å². The molecule has 7 heteroatoms. The first kappa shape index (κ1) is 20.6. The molecule has 2 heterocycles. The van der Waals surface area contributed by atoms with E-state index in [4.69, 9.17) is 14.2 Å². The van der Waals surface area contributed by atoms with Crippen molar-refractivity contribution < 1.29 is 34.0 Å². The number of fused-ring (bicyclic) bond motifs is 1. The van der Waals surface area contributed by atoms with Gasteiger partial charge in [0.1, 0.15) is 6.10 Å². The normalized spacial score (nSPS) is 52.9. The van der Waals surface area contributed by atoms with Gasteiger partial charge in [0.15, 0.2) is 17.3 Å². The van der Waals surface area contributed by atoms with E-state index in [9.17, 15) is 19.8 Å². The molecule has 0 aromatic heterocycles. The topological polar surface area (TPSA) is 106 Å². The molecule has 0 unspecified atom stereocenters. The Kier molecular flexibility index (Phi) is 4.54. The van der Waals surface area contributed by atoms with Gasteiger partial charge in [0.25, 0.3) is 0 Å². The van der Waals surface area contributed by atoms with Crippen molar-refractivity contribution in [3.05, 3.63) is 23.8 Å². The smallest absolute Gasteiger partial charge is 0.342 e. The third-order valence-electron chi connectivity index (χ3n) is 7.62. The van der Waals surface area contributed by atoms with Crippen molar-refractivity contribution in [2.24, 2.45) is 17.3 Å². The zero-order valence-corrected chi connectivity index (χ0v) is 17.5. The van der Waals surface area contributed by atoms with Gasteiger partial charge in [-0.25, -0.2) is 4.79 Å². The van der Waals surface area contributed by atoms with E-state index in [-0.39, 0.29) is 5.92 Å². The predicted octanol–water partition coefficient (Wildman–Crippen LogP) is 1.66. The summed E-state index contributed by atoms with van der Waals surface area (Å²) in [5.41, 5.74) is -2.22. The highest BCUT2D eigenvalue weighted by molar-refractivity contribution is 5.88. The number of esters is 2. The van der Waals surface area contributed by atoms with Crippen LogP contribution < -0.4 is 0 Å². The van der Waals surface area contributed by atoms with E-state index in [0.717, 1.165) is 5.57 Å². The van der Waals surface area contributed by atoms with E-state index < -0.39 is 58.9 Å². The molecular weight excluding hydrogens is 376 g/mol. The maximum atomic E-state index is 12.5. The fraction of sp³-hybridized carbons (Fsp3) is 0.727. The molecule has 2 N–H and O–H groups in total. The summed E-state index contributed by atoms with van der Waals surface area (Å²) >= 11 is 0. The van der Waals surface area contributed by atoms with Crippen molar-refractivity contribution in [2.75, 3.05) is 0 Å². The number of aliphatic hydroxyl groups is 2. The standard InChI is InChI=1S/C22H30O7/c1-11-6-7-15(27-13(3)23)20(4)9-8-14(24)12(2)17(20)18(25)22-16(10-11)28-19(26)21(22,5)29-22/h8-10,12,14-18,24-25H,6-7H2,1-5H3/b11-10-/t12-,14+,15-,16-,17+,18-,20+,21-,22-/m1/s1. The number of rotatable bonds is 1. The van der Waals surface area contributed by atoms with Crippen LogP contribution in [0.5, 0.6) is 0 Å². The summed E-state index contributed by atoms with van der Waals surface area (Å²) < 4.78 is 17.3. The molecule has 0 aromatic carbocycles. The predicted molar refractivity (Wildman–Crippen MR) is 103 cm³/mol. The molecule has 0 bridgehead atoms. The number of carbonyl (C=O) groups excluding carboxylic acids is 2. The molecule has 0 saturated carbocycles. The lowest BCUT2D eigenvalue weighted by molar-refractivity contribution is -0.168. The van der Waals surface area contributed by atoms with Gasteiger partial charge < -0.3 is 24.4 Å². The van der Waals surface area contributed by atoms with Gasteiger partial charge in [-0.2, -0.15) is 0 Å². The van der Waals surface area contributed by atoms with Gasteiger partial charge in [0.2, 0.25) is 0 Å². The first-order valence-electron chi connectivity index (χ1n) is 10.3. The fourth-order valence-electron chi connectivity index (χ4n) is 5.81. The maximum absolute atomic E-state index is 12.5. The van der Waals surface area contributed by atoms with Crippen molar-refractivity contribution >= 4 is 11.9 Å². The molecule has 9 atom stereocenters. The van der Waals surface area contributed by atoms with Crippen LogP contribution in [0.3, 0.4) is 0 Å². The Bertz CT molecular complexity index is 803. The summed E-state index contributed by atoms with van der Waals surface area (Å²) in [6.07, 6.45) is 3.53. The molecule has 2 aliphatic carbocycles. The highest BCUT2D eigenvalue weighted by Gasteiger charge is 2.85. The number of epoxide rings is 1. The molecule has 2 aliphatic heterocycles. The average molecular weight is 406 g/mol. The molecule has 4 rings (SSSR count). The Morgan fingerprint density at radius 2 is 2.00 bits per heavy atom. The van der Waals surface area contributed by atoms with Crippen LogP contribution in [0.15, 0.2) is 23.8 Å². The molecule has 2 fully saturated rings. The minimum absolute atomic E-state index is 0.346. The molecule has 0 aromatic rings. The fourth-order valence-corrected chi connectivity index (χ4v) is 5.81. The molecule has 0 amide bonds. The molecule has 7 nitrogen and oxygen atoms in total. The molecule has 2 saturated heterocycles. The molecule has 4 aliphatic rings. The number of hydrogen-bond acceptors (Lipinski definition) is 7. The van der Waals surface area contributed by atoms with Crippen molar-refractivity contribution in [2.45, 2.75) is 83.1 Å². The second kappa shape index (κ2) is 6.40. The Balaban J connectivity index is 1.87. The van der Waals surface area contributed by atoms with Crippen molar-refractivity contribution in [3.8, 4) is 0 Å². The summed E-state index contributed by atoms with van der Waals surface area (Å²) in [5, 5.41) is 22.2. The number of ether oxygens (including phenoxy) is 3. The van der Waals surface area contributed by atoms with Crippen LogP contribution >= 0.6 is 0 Å². The van der Waals surface area contributed by atoms with Gasteiger partial charge in [0.05, 0.1) is 12.2 Å². The van der Waals surface area contributed by atoms with E-state index in [1.807, 2.05) is 32.9 Å². The third-order valence-corrected chi connectivity index (χ3v) is 7.62. The number of carbonyl (C=O) groups is 2. The van der Waals surface area contributed by atoms with E-state index in [0.29, 0.717) is 12.8 Å². The van der Waals surface area contributed by atoms with Crippen LogP contribution in [0.2, 0.25) is 0 Å². The van der Waals surface area contributed by atoms with E-state index in [2.05, 4.69) is 0 Å². The van der Waals surface area contributed by atoms with Gasteiger partial charge in [-0.05, 0) is 38.7 Å². The SMILES string of the molecule is CC(=O)O[C@@H]1CC/C(C)=C\[C@H]2OC(=O)[C@@]3(C)O[C@@]23[C@H](O)[C@@H]2[C@H](C)[C@@H](O)C=C[C@]21C. The number of aliphatic hydroxyl groups excluding tert-OH is 2. The summed E-state index contributed by atoms with van der Waals surface area (Å²) in [5.74, 6) is -1.74. The van der Waals surface area contributed by atoms with E-state index in [1.165, 1.54) is 6.92 Å². The largest absolute Gasteiger partial charge is 0.462 e. The van der Waals surface area contributed by atoms with Gasteiger partial charge in [0, 0.05) is 18.3 Å². The lowest BCUT2D eigenvalue weighted by Crippen LogP contribution is -2.58. The number of allylic oxidation sites excluding steroid dienone is 1. The van der Waals surface area contributed by atoms with Crippen molar-refractivity contribution in [1.82, 2.24) is 0 Å². The van der Waals surface area contributed by atoms with Crippen LogP contribution in [0, 0.1) is 17.3 Å². The van der Waals surface area contributed by atoms with Crippen LogP contribution in [0.25, 0.3) is 0 Å². The Hall–Kier alpha value is -1.70. The summed E-state index contributed by atoms with van der Waals surface area (Å²) in [4.78, 5) is 24.4. The summed E-state index contributed by atoms with van der Waals surface area (Å²) in [6.45, 7) is 8.76. The van der Waals surface area contributed by atoms with Gasteiger partial charge in [-0.15, -0.1) is 0 Å². The Morgan fingerprint density at radius 3 is 2.62 bits per heavy atom. The Labute approximate surface area is 170 Å². The third kappa shape index (κ3) is 2.67. The average Bonchev–Trinajstić information content (AvgIpc) is 3.23. The van der Waals surface area contributed by atoms with E-state index in [1.54, 1.807) is 13.0 Å². The molecule has 160 valence electrons. The van der Waals surface area contributed by atoms with Gasteiger partial charge in [-0.3, -0.25) is 4.79 Å². The second-order valence-corrected chi connectivity index (χ2v) is 9.45. The second-order valence-electron chi connectivity index (χ2n) is 9.45. The zero-order chi connectivity index (χ0) is 21.4. The quantitative estimate of drug-likeness (QED) is 0.388. The molecular formula is C22H30O7. The Morgan fingerprint density at radius 1 is 1.31 bits per heavy atom. The van der Waals surface area contributed by atoms with Gasteiger partial charge >= 0.3 is 11.9 Å². The molecule has 29 heavy (non-hydrogen) atoms. The van der Waals surface area contributed by atoms with Gasteiger partial charge in [-0.1, -0.05) is 31.6 Å². The molecule has 1 spiro atoms. The summed E-state index contributed by atoms with van der Waals surface area (Å²) in [6, 6.07) is 0. The van der Waals surface area contributed by atoms with Crippen LogP contribution in [-0.2, 0) is 23.8 Å². The molecule has 0 radical (unpaired) electrons. The first-order chi connectivity index (χ1) is 13.5. The van der Waals surface area contributed by atoms with Crippen molar-refractivity contribution in [1.29, 1.82) is 0 Å². The van der Waals surface area contributed by atoms with E-state index >= 15 is 0 Å². The highest BCUT2D eigenvalue weighted by Crippen LogP contribution is 2.64. The monoisotopic (exact) mass is 406 g/mol.